The summed E-state index contributed by atoms with van der Waals surface area (Å²) in [5.41, 5.74) is 2.06. The number of aromatic nitrogens is 2. The highest BCUT2D eigenvalue weighted by atomic mass is 16.4. The van der Waals surface area contributed by atoms with Crippen LogP contribution >= 0.6 is 0 Å². The van der Waals surface area contributed by atoms with Gasteiger partial charge in [-0.2, -0.15) is 5.10 Å². The molecule has 6 heteroatoms. The van der Waals surface area contributed by atoms with Crippen LogP contribution in [0.15, 0.2) is 22.6 Å². The summed E-state index contributed by atoms with van der Waals surface area (Å²) >= 11 is 0. The van der Waals surface area contributed by atoms with Crippen LogP contribution in [0.25, 0.3) is 0 Å². The maximum atomic E-state index is 12.7. The number of nitrogens with zero attached hydrogens (tertiary/aromatic N) is 4. The molecule has 0 saturated carbocycles. The van der Waals surface area contributed by atoms with Crippen LogP contribution < -0.4 is 0 Å². The molecule has 0 aliphatic carbocycles. The zero-order chi connectivity index (χ0) is 17.4. The number of likely N-dealkylation sites (tertiary alicyclic amines) is 1. The van der Waals surface area contributed by atoms with Crippen LogP contribution in [0.4, 0.5) is 0 Å². The summed E-state index contributed by atoms with van der Waals surface area (Å²) in [6.07, 6.45) is 0. The third-order valence-electron chi connectivity index (χ3n) is 4.80. The van der Waals surface area contributed by atoms with Crippen LogP contribution in [-0.4, -0.2) is 58.7 Å². The summed E-state index contributed by atoms with van der Waals surface area (Å²) in [5.74, 6) is 1.61. The molecule has 3 rings (SSSR count). The second kappa shape index (κ2) is 6.43. The van der Waals surface area contributed by atoms with Crippen molar-refractivity contribution in [1.82, 2.24) is 19.6 Å². The maximum Gasteiger partial charge on any atom is 0.289 e. The Hall–Kier alpha value is -2.08. The van der Waals surface area contributed by atoms with Crippen LogP contribution in [0, 0.1) is 19.8 Å². The summed E-state index contributed by atoms with van der Waals surface area (Å²) in [7, 11) is 4.13. The largest absolute Gasteiger partial charge is 0.454 e. The molecule has 1 aliphatic heterocycles. The predicted octanol–water partition coefficient (Wildman–Crippen LogP) is 2.16. The third kappa shape index (κ3) is 3.24. The highest BCUT2D eigenvalue weighted by Gasteiger charge is 2.34. The maximum absolute atomic E-state index is 12.7. The molecule has 1 amide bonds. The second-order valence-electron chi connectivity index (χ2n) is 7.07. The topological polar surface area (TPSA) is 54.5 Å². The molecule has 2 aromatic heterocycles. The quantitative estimate of drug-likeness (QED) is 0.862. The molecule has 0 unspecified atom stereocenters. The Balaban J connectivity index is 1.69. The summed E-state index contributed by atoms with van der Waals surface area (Å²) < 4.78 is 7.68. The van der Waals surface area contributed by atoms with Gasteiger partial charge in [0.25, 0.3) is 5.91 Å². The second-order valence-corrected chi connectivity index (χ2v) is 7.07. The van der Waals surface area contributed by atoms with Gasteiger partial charge in [-0.25, -0.2) is 0 Å². The number of carbonyl (C=O) groups is 1. The number of hydrogen-bond acceptors (Lipinski definition) is 4. The van der Waals surface area contributed by atoms with Crippen molar-refractivity contribution in [3.05, 3.63) is 41.1 Å². The number of aryl methyl sites for hydroxylation is 2. The van der Waals surface area contributed by atoms with E-state index in [9.17, 15) is 4.79 Å². The monoisotopic (exact) mass is 330 g/mol. The van der Waals surface area contributed by atoms with Gasteiger partial charge in [0, 0.05) is 24.8 Å². The van der Waals surface area contributed by atoms with Crippen molar-refractivity contribution in [2.75, 3.05) is 27.2 Å². The summed E-state index contributed by atoms with van der Waals surface area (Å²) in [6, 6.07) is 6.07. The lowest BCUT2D eigenvalue weighted by atomic mass is 10.1. The van der Waals surface area contributed by atoms with E-state index in [2.05, 4.69) is 31.0 Å². The molecule has 0 bridgehead atoms. The molecule has 2 atom stereocenters. The SMILES string of the molecule is Cc1cc(C)n(Cc2ccc(C(=O)N3C[C@H](C)[C@@H](N(C)C)C3)o2)n1. The normalized spacial score (nSPS) is 21.0. The van der Waals surface area contributed by atoms with Gasteiger partial charge in [0.05, 0.1) is 12.2 Å². The van der Waals surface area contributed by atoms with E-state index in [-0.39, 0.29) is 5.91 Å². The Labute approximate surface area is 143 Å². The Morgan fingerprint density at radius 3 is 2.67 bits per heavy atom. The zero-order valence-corrected chi connectivity index (χ0v) is 15.1. The van der Waals surface area contributed by atoms with Gasteiger partial charge < -0.3 is 14.2 Å². The molecule has 2 aromatic rings. The number of furan rings is 1. The lowest BCUT2D eigenvalue weighted by Crippen LogP contribution is -2.35. The fraction of sp³-hybridized carbons (Fsp3) is 0.556. The molecule has 1 fully saturated rings. The van der Waals surface area contributed by atoms with Gasteiger partial charge >= 0.3 is 0 Å². The van der Waals surface area contributed by atoms with Gasteiger partial charge in [-0.15, -0.1) is 0 Å². The van der Waals surface area contributed by atoms with E-state index in [0.29, 0.717) is 24.3 Å². The van der Waals surface area contributed by atoms with Crippen LogP contribution in [0.5, 0.6) is 0 Å². The van der Waals surface area contributed by atoms with Crippen LogP contribution in [-0.2, 0) is 6.54 Å². The standard InChI is InChI=1S/C18H26N4O2/c1-12-9-21(11-16(12)20(4)5)18(23)17-7-6-15(24-17)10-22-14(3)8-13(2)19-22/h6-8,12,16H,9-11H2,1-5H3/t12-,16-/m0/s1. The average molecular weight is 330 g/mol. The minimum absolute atomic E-state index is 0.0224. The molecule has 3 heterocycles. The van der Waals surface area contributed by atoms with E-state index in [1.165, 1.54) is 0 Å². The molecular weight excluding hydrogens is 304 g/mol. The predicted molar refractivity (Wildman–Crippen MR) is 92.1 cm³/mol. The average Bonchev–Trinajstić information content (AvgIpc) is 3.19. The molecular formula is C18H26N4O2. The Morgan fingerprint density at radius 2 is 2.08 bits per heavy atom. The molecule has 0 radical (unpaired) electrons. The highest BCUT2D eigenvalue weighted by molar-refractivity contribution is 5.91. The van der Waals surface area contributed by atoms with Gasteiger partial charge in [-0.1, -0.05) is 6.92 Å². The first-order chi connectivity index (χ1) is 11.3. The zero-order valence-electron chi connectivity index (χ0n) is 15.1. The number of carbonyl (C=O) groups excluding carboxylic acids is 1. The summed E-state index contributed by atoms with van der Waals surface area (Å²) in [5, 5.41) is 4.43. The van der Waals surface area contributed by atoms with Crippen molar-refractivity contribution < 1.29 is 9.21 Å². The lowest BCUT2D eigenvalue weighted by Gasteiger charge is -2.22. The van der Waals surface area contributed by atoms with E-state index in [1.54, 1.807) is 6.07 Å². The lowest BCUT2D eigenvalue weighted by molar-refractivity contribution is 0.0747. The van der Waals surface area contributed by atoms with Crippen LogP contribution in [0.2, 0.25) is 0 Å². The molecule has 24 heavy (non-hydrogen) atoms. The molecule has 6 nitrogen and oxygen atoms in total. The van der Waals surface area contributed by atoms with E-state index < -0.39 is 0 Å². The van der Waals surface area contributed by atoms with Crippen molar-refractivity contribution >= 4 is 5.91 Å². The van der Waals surface area contributed by atoms with Crippen molar-refractivity contribution in [3.63, 3.8) is 0 Å². The molecule has 130 valence electrons. The van der Waals surface area contributed by atoms with E-state index >= 15 is 0 Å². The van der Waals surface area contributed by atoms with Crippen molar-refractivity contribution in [3.8, 4) is 0 Å². The van der Waals surface area contributed by atoms with Gasteiger partial charge in [0.15, 0.2) is 5.76 Å². The fourth-order valence-corrected chi connectivity index (χ4v) is 3.50. The van der Waals surface area contributed by atoms with Crippen LogP contribution in [0.3, 0.4) is 0 Å². The number of likely N-dealkylation sites (N-methyl/N-ethyl adjacent to an activating group) is 1. The first-order valence-corrected chi connectivity index (χ1v) is 8.40. The van der Waals surface area contributed by atoms with Crippen molar-refractivity contribution in [1.29, 1.82) is 0 Å². The van der Waals surface area contributed by atoms with Gasteiger partial charge in [-0.05, 0) is 52.1 Å². The van der Waals surface area contributed by atoms with Crippen LogP contribution in [0.1, 0.15) is 34.6 Å². The molecule has 1 aliphatic rings. The third-order valence-corrected chi connectivity index (χ3v) is 4.80. The molecule has 0 N–H and O–H groups in total. The molecule has 0 spiro atoms. The van der Waals surface area contributed by atoms with Gasteiger partial charge in [-0.3, -0.25) is 9.48 Å². The van der Waals surface area contributed by atoms with E-state index in [4.69, 9.17) is 4.42 Å². The van der Waals surface area contributed by atoms with Gasteiger partial charge in [0.2, 0.25) is 0 Å². The highest BCUT2D eigenvalue weighted by Crippen LogP contribution is 2.23. The summed E-state index contributed by atoms with van der Waals surface area (Å²) in [4.78, 5) is 16.8. The number of hydrogen-bond donors (Lipinski definition) is 0. The Bertz CT molecular complexity index is 731. The summed E-state index contributed by atoms with van der Waals surface area (Å²) in [6.45, 7) is 8.24. The number of amides is 1. The van der Waals surface area contributed by atoms with Crippen molar-refractivity contribution in [2.45, 2.75) is 33.4 Å². The first kappa shape index (κ1) is 16.8. The molecule has 1 saturated heterocycles. The Kier molecular flexibility index (Phi) is 4.49. The minimum Gasteiger partial charge on any atom is -0.454 e. The molecule has 0 aromatic carbocycles. The minimum atomic E-state index is -0.0224. The number of rotatable bonds is 4. The van der Waals surface area contributed by atoms with E-state index in [0.717, 1.165) is 30.2 Å². The van der Waals surface area contributed by atoms with Gasteiger partial charge in [0.1, 0.15) is 5.76 Å². The van der Waals surface area contributed by atoms with Crippen molar-refractivity contribution in [2.24, 2.45) is 5.92 Å². The Morgan fingerprint density at radius 1 is 1.33 bits per heavy atom. The fourth-order valence-electron chi connectivity index (χ4n) is 3.50. The first-order valence-electron chi connectivity index (χ1n) is 8.40. The smallest absolute Gasteiger partial charge is 0.289 e. The van der Waals surface area contributed by atoms with E-state index in [1.807, 2.05) is 35.6 Å².